The van der Waals surface area contributed by atoms with Gasteiger partial charge < -0.3 is 10.5 Å². The van der Waals surface area contributed by atoms with Crippen LogP contribution in [0.3, 0.4) is 0 Å². The molecule has 80 valence electrons. The number of nitrogens with two attached hydrogens (primary N) is 1. The average molecular weight is 205 g/mol. The summed E-state index contributed by atoms with van der Waals surface area (Å²) in [4.78, 5) is 11.2. The minimum atomic E-state index is -0.685. The van der Waals surface area contributed by atoms with E-state index in [1.165, 1.54) is 7.11 Å². The highest BCUT2D eigenvalue weighted by atomic mass is 16.5. The summed E-state index contributed by atoms with van der Waals surface area (Å²) in [6, 6.07) is 9.02. The highest BCUT2D eigenvalue weighted by Gasteiger charge is 2.14. The average Bonchev–Trinajstić information content (AvgIpc) is 2.28. The lowest BCUT2D eigenvalue weighted by Gasteiger charge is -2.09. The zero-order chi connectivity index (χ0) is 11.3. The molecule has 0 aliphatic heterocycles. The van der Waals surface area contributed by atoms with E-state index in [9.17, 15) is 4.79 Å². The van der Waals surface area contributed by atoms with Gasteiger partial charge in [-0.3, -0.25) is 4.79 Å². The smallest absolute Gasteiger partial charge is 0.326 e. The molecule has 1 unspecified atom stereocenters. The Kier molecular flexibility index (Phi) is 4.06. The van der Waals surface area contributed by atoms with Crippen LogP contribution in [0, 0.1) is 0 Å². The van der Waals surface area contributed by atoms with E-state index in [1.807, 2.05) is 43.3 Å². The van der Waals surface area contributed by atoms with Crippen LogP contribution >= 0.6 is 0 Å². The molecule has 2 N–H and O–H groups in total. The van der Waals surface area contributed by atoms with E-state index in [4.69, 9.17) is 5.73 Å². The Labute approximate surface area is 89.5 Å². The fraction of sp³-hybridized carbons (Fsp3) is 0.250. The number of rotatable bonds is 3. The molecule has 0 aromatic heterocycles. The van der Waals surface area contributed by atoms with Crippen molar-refractivity contribution in [2.75, 3.05) is 7.11 Å². The van der Waals surface area contributed by atoms with Crippen LogP contribution in [0.2, 0.25) is 0 Å². The third kappa shape index (κ3) is 3.22. The van der Waals surface area contributed by atoms with Crippen LogP contribution in [0.1, 0.15) is 12.5 Å². The summed E-state index contributed by atoms with van der Waals surface area (Å²) in [5.74, 6) is -0.417. The number of carbonyl (C=O) groups is 1. The standard InChI is InChI=1S/C12H15NO2/c1-9(11(13)12(14)15-2)8-10-6-4-3-5-7-10/h3-8,11H,13H2,1-2H3/b9-8+. The van der Waals surface area contributed by atoms with Gasteiger partial charge in [-0.1, -0.05) is 36.4 Å². The quantitative estimate of drug-likeness (QED) is 0.762. The molecule has 3 nitrogen and oxygen atoms in total. The molecule has 0 bridgehead atoms. The highest BCUT2D eigenvalue weighted by Crippen LogP contribution is 2.08. The predicted octanol–water partition coefficient (Wildman–Crippen LogP) is 1.59. The van der Waals surface area contributed by atoms with Crippen molar-refractivity contribution in [3.8, 4) is 0 Å². The first kappa shape index (κ1) is 11.5. The second-order valence-electron chi connectivity index (χ2n) is 3.30. The number of ether oxygens (including phenoxy) is 1. The minimum absolute atomic E-state index is 0.417. The normalized spacial score (nSPS) is 13.4. The van der Waals surface area contributed by atoms with Crippen LogP contribution in [0.4, 0.5) is 0 Å². The van der Waals surface area contributed by atoms with Gasteiger partial charge in [-0.2, -0.15) is 0 Å². The summed E-state index contributed by atoms with van der Waals surface area (Å²) in [5, 5.41) is 0. The number of carbonyl (C=O) groups excluding carboxylic acids is 1. The molecule has 1 atom stereocenters. The van der Waals surface area contributed by atoms with E-state index < -0.39 is 12.0 Å². The number of benzene rings is 1. The third-order valence-corrected chi connectivity index (χ3v) is 2.14. The molecule has 1 rings (SSSR count). The van der Waals surface area contributed by atoms with Crippen molar-refractivity contribution in [3.05, 3.63) is 41.5 Å². The number of methoxy groups -OCH3 is 1. The van der Waals surface area contributed by atoms with E-state index in [2.05, 4.69) is 4.74 Å². The van der Waals surface area contributed by atoms with Gasteiger partial charge in [0.1, 0.15) is 6.04 Å². The van der Waals surface area contributed by atoms with Gasteiger partial charge in [-0.25, -0.2) is 0 Å². The second kappa shape index (κ2) is 5.32. The van der Waals surface area contributed by atoms with Gasteiger partial charge >= 0.3 is 5.97 Å². The first-order chi connectivity index (χ1) is 7.15. The molecule has 0 spiro atoms. The Hall–Kier alpha value is -1.61. The van der Waals surface area contributed by atoms with Gasteiger partial charge in [0.15, 0.2) is 0 Å². The maximum Gasteiger partial charge on any atom is 0.326 e. The summed E-state index contributed by atoms with van der Waals surface area (Å²) >= 11 is 0. The van der Waals surface area contributed by atoms with Crippen LogP contribution in [-0.2, 0) is 9.53 Å². The largest absolute Gasteiger partial charge is 0.468 e. The van der Waals surface area contributed by atoms with Gasteiger partial charge in [0.05, 0.1) is 7.11 Å². The van der Waals surface area contributed by atoms with Crippen LogP contribution in [0.5, 0.6) is 0 Å². The van der Waals surface area contributed by atoms with Crippen molar-refractivity contribution in [1.82, 2.24) is 0 Å². The van der Waals surface area contributed by atoms with E-state index in [-0.39, 0.29) is 0 Å². The summed E-state index contributed by atoms with van der Waals surface area (Å²) in [6.45, 7) is 1.81. The summed E-state index contributed by atoms with van der Waals surface area (Å²) < 4.78 is 4.57. The maximum absolute atomic E-state index is 11.2. The molecule has 3 heteroatoms. The molecule has 0 amide bonds. The fourth-order valence-electron chi connectivity index (χ4n) is 1.21. The van der Waals surface area contributed by atoms with Crippen molar-refractivity contribution < 1.29 is 9.53 Å². The SMILES string of the molecule is COC(=O)C(N)/C(C)=C/c1ccccc1. The lowest BCUT2D eigenvalue weighted by atomic mass is 10.1. The molecule has 0 fully saturated rings. The molecule has 15 heavy (non-hydrogen) atoms. The molecule has 1 aromatic carbocycles. The third-order valence-electron chi connectivity index (χ3n) is 2.14. The van der Waals surface area contributed by atoms with Crippen LogP contribution < -0.4 is 5.73 Å². The Morgan fingerprint density at radius 1 is 1.40 bits per heavy atom. The van der Waals surface area contributed by atoms with E-state index in [0.717, 1.165) is 11.1 Å². The molecular weight excluding hydrogens is 190 g/mol. The molecule has 0 heterocycles. The molecule has 0 radical (unpaired) electrons. The van der Waals surface area contributed by atoms with Gasteiger partial charge in [0.25, 0.3) is 0 Å². The first-order valence-corrected chi connectivity index (χ1v) is 4.72. The minimum Gasteiger partial charge on any atom is -0.468 e. The fourth-order valence-corrected chi connectivity index (χ4v) is 1.21. The molecule has 1 aromatic rings. The monoisotopic (exact) mass is 205 g/mol. The Bertz CT molecular complexity index is 357. The van der Waals surface area contributed by atoms with Crippen molar-refractivity contribution in [1.29, 1.82) is 0 Å². The molecule has 0 saturated heterocycles. The van der Waals surface area contributed by atoms with Gasteiger partial charge in [-0.05, 0) is 18.1 Å². The lowest BCUT2D eigenvalue weighted by molar-refractivity contribution is -0.141. The Morgan fingerprint density at radius 3 is 2.53 bits per heavy atom. The molecule has 0 saturated carbocycles. The number of hydrogen-bond donors (Lipinski definition) is 1. The van der Waals surface area contributed by atoms with Crippen LogP contribution in [0.25, 0.3) is 6.08 Å². The molecule has 0 aliphatic carbocycles. The van der Waals surface area contributed by atoms with Crippen molar-refractivity contribution in [2.24, 2.45) is 5.73 Å². The van der Waals surface area contributed by atoms with Crippen molar-refractivity contribution >= 4 is 12.0 Å². The van der Waals surface area contributed by atoms with E-state index >= 15 is 0 Å². The zero-order valence-corrected chi connectivity index (χ0v) is 8.94. The second-order valence-corrected chi connectivity index (χ2v) is 3.30. The van der Waals surface area contributed by atoms with E-state index in [0.29, 0.717) is 0 Å². The maximum atomic E-state index is 11.2. The first-order valence-electron chi connectivity index (χ1n) is 4.72. The van der Waals surface area contributed by atoms with Crippen molar-refractivity contribution in [2.45, 2.75) is 13.0 Å². The number of esters is 1. The number of hydrogen-bond acceptors (Lipinski definition) is 3. The van der Waals surface area contributed by atoms with Gasteiger partial charge in [0, 0.05) is 0 Å². The van der Waals surface area contributed by atoms with Crippen molar-refractivity contribution in [3.63, 3.8) is 0 Å². The van der Waals surface area contributed by atoms with Gasteiger partial charge in [-0.15, -0.1) is 0 Å². The summed E-state index contributed by atoms with van der Waals surface area (Å²) in [6.07, 6.45) is 1.88. The molecule has 0 aliphatic rings. The van der Waals surface area contributed by atoms with Crippen LogP contribution in [0.15, 0.2) is 35.9 Å². The zero-order valence-electron chi connectivity index (χ0n) is 8.94. The Balaban J connectivity index is 2.80. The molecular formula is C12H15NO2. The predicted molar refractivity (Wildman–Crippen MR) is 60.1 cm³/mol. The van der Waals surface area contributed by atoms with Gasteiger partial charge in [0.2, 0.25) is 0 Å². The summed E-state index contributed by atoms with van der Waals surface area (Å²) in [7, 11) is 1.33. The van der Waals surface area contributed by atoms with E-state index in [1.54, 1.807) is 0 Å². The topological polar surface area (TPSA) is 52.3 Å². The lowest BCUT2D eigenvalue weighted by Crippen LogP contribution is -2.32. The summed E-state index contributed by atoms with van der Waals surface area (Å²) in [5.41, 5.74) is 7.48. The Morgan fingerprint density at radius 2 is 2.00 bits per heavy atom. The van der Waals surface area contributed by atoms with Crippen LogP contribution in [-0.4, -0.2) is 19.1 Å². The highest BCUT2D eigenvalue weighted by molar-refractivity contribution is 5.80.